The van der Waals surface area contributed by atoms with E-state index in [2.05, 4.69) is 13.0 Å². The van der Waals surface area contributed by atoms with Crippen LogP contribution in [0.15, 0.2) is 42.0 Å². The molecule has 156 valence electrons. The summed E-state index contributed by atoms with van der Waals surface area (Å²) < 4.78 is 22.9. The maximum atomic E-state index is 12.8. The maximum Gasteiger partial charge on any atom is 0.352 e. The van der Waals surface area contributed by atoms with Gasteiger partial charge in [0, 0.05) is 31.7 Å². The van der Waals surface area contributed by atoms with Gasteiger partial charge in [-0.15, -0.1) is 0 Å². The monoisotopic (exact) mass is 400 g/mol. The molecule has 0 amide bonds. The van der Waals surface area contributed by atoms with Crippen LogP contribution in [0.25, 0.3) is 0 Å². The van der Waals surface area contributed by atoms with Crippen LogP contribution in [0.5, 0.6) is 0 Å². The van der Waals surface area contributed by atoms with E-state index in [1.54, 1.807) is 24.3 Å². The summed E-state index contributed by atoms with van der Waals surface area (Å²) in [5, 5.41) is 0. The first-order valence-electron chi connectivity index (χ1n) is 10.3. The maximum absolute atomic E-state index is 12.8. The van der Waals surface area contributed by atoms with Crippen molar-refractivity contribution in [1.82, 2.24) is 0 Å². The average molecular weight is 400 g/mol. The van der Waals surface area contributed by atoms with Crippen LogP contribution in [0.2, 0.25) is 0 Å². The lowest BCUT2D eigenvalue weighted by molar-refractivity contribution is -0.185. The van der Waals surface area contributed by atoms with Gasteiger partial charge in [0.15, 0.2) is 5.79 Å². The number of hydrogen-bond acceptors (Lipinski definition) is 6. The minimum Gasteiger partial charge on any atom is -0.459 e. The van der Waals surface area contributed by atoms with E-state index in [9.17, 15) is 9.59 Å². The summed E-state index contributed by atoms with van der Waals surface area (Å²) in [6.45, 7) is 4.84. The summed E-state index contributed by atoms with van der Waals surface area (Å²) in [5.74, 6) is -1.51. The molecule has 1 spiro atoms. The Morgan fingerprint density at radius 3 is 2.59 bits per heavy atom. The van der Waals surface area contributed by atoms with Crippen molar-refractivity contribution in [2.24, 2.45) is 5.41 Å². The van der Waals surface area contributed by atoms with Crippen LogP contribution >= 0.6 is 0 Å². The molecule has 0 radical (unpaired) electrons. The number of rotatable bonds is 4. The number of carbonyl (C=O) groups excluding carboxylic acids is 2. The van der Waals surface area contributed by atoms with Crippen LogP contribution in [0, 0.1) is 5.41 Å². The Hall–Kier alpha value is -2.18. The predicted octanol–water partition coefficient (Wildman–Crippen LogP) is 3.86. The number of fused-ring (bicyclic) bond motifs is 1. The molecule has 2 aliphatic carbocycles. The minimum absolute atomic E-state index is 0.000212. The second kappa shape index (κ2) is 7.92. The second-order valence-corrected chi connectivity index (χ2v) is 8.48. The highest BCUT2D eigenvalue weighted by molar-refractivity contribution is 5.80. The third-order valence-electron chi connectivity index (χ3n) is 6.26. The molecule has 2 fully saturated rings. The highest BCUT2D eigenvalue weighted by Crippen LogP contribution is 2.52. The molecule has 1 saturated carbocycles. The van der Waals surface area contributed by atoms with Crippen molar-refractivity contribution in [3.05, 3.63) is 47.5 Å². The summed E-state index contributed by atoms with van der Waals surface area (Å²) in [6.07, 6.45) is 4.88. The number of esters is 2. The van der Waals surface area contributed by atoms with Gasteiger partial charge in [0.1, 0.15) is 6.10 Å². The van der Waals surface area contributed by atoms with Crippen molar-refractivity contribution in [2.45, 2.75) is 63.9 Å². The Bertz CT molecular complexity index is 795. The Morgan fingerprint density at radius 2 is 1.90 bits per heavy atom. The van der Waals surface area contributed by atoms with Crippen LogP contribution in [0.1, 0.15) is 57.6 Å². The number of hydrogen-bond donors (Lipinski definition) is 0. The molecule has 4 rings (SSSR count). The van der Waals surface area contributed by atoms with Crippen LogP contribution in [0.4, 0.5) is 0 Å². The molecule has 0 bridgehead atoms. The Morgan fingerprint density at radius 1 is 1.17 bits per heavy atom. The van der Waals surface area contributed by atoms with E-state index in [0.29, 0.717) is 25.2 Å². The number of benzene rings is 1. The highest BCUT2D eigenvalue weighted by Gasteiger charge is 2.49. The molecule has 1 saturated heterocycles. The fourth-order valence-electron chi connectivity index (χ4n) is 4.80. The zero-order chi connectivity index (χ0) is 20.5. The summed E-state index contributed by atoms with van der Waals surface area (Å²) in [6, 6.07) is 8.98. The molecule has 1 heterocycles. The molecule has 6 heteroatoms. The molecule has 0 unspecified atom stereocenters. The lowest BCUT2D eigenvalue weighted by Gasteiger charge is -2.47. The minimum atomic E-state index is -1.04. The topological polar surface area (TPSA) is 71.1 Å². The summed E-state index contributed by atoms with van der Waals surface area (Å²) >= 11 is 0. The molecule has 0 N–H and O–H groups in total. The van der Waals surface area contributed by atoms with Crippen LogP contribution in [-0.2, 0) is 28.5 Å². The molecular formula is C23H28O6. The quantitative estimate of drug-likeness (QED) is 0.565. The number of ether oxygens (including phenoxy) is 4. The van der Waals surface area contributed by atoms with Crippen molar-refractivity contribution in [2.75, 3.05) is 13.2 Å². The highest BCUT2D eigenvalue weighted by atomic mass is 16.7. The molecule has 3 atom stereocenters. The number of carbonyl (C=O) groups is 2. The van der Waals surface area contributed by atoms with Crippen LogP contribution in [-0.4, -0.2) is 37.0 Å². The van der Waals surface area contributed by atoms with Gasteiger partial charge in [-0.25, -0.2) is 4.79 Å². The van der Waals surface area contributed by atoms with Crippen molar-refractivity contribution in [1.29, 1.82) is 0 Å². The third kappa shape index (κ3) is 4.23. The Labute approximate surface area is 171 Å². The van der Waals surface area contributed by atoms with Crippen molar-refractivity contribution >= 4 is 11.9 Å². The standard InChI is InChI=1S/C23H28O6/c1-16(24)28-20(17-6-4-3-5-7-17)21(25)29-19-9-10-22(2)15-23(26-12-13-27-23)11-8-18(22)14-19/h3-8,19-20H,9-15H2,1-2H3/t19-,20-,22-/m0/s1. The normalized spacial score (nSPS) is 28.9. The zero-order valence-electron chi connectivity index (χ0n) is 17.0. The smallest absolute Gasteiger partial charge is 0.352 e. The first-order chi connectivity index (χ1) is 13.9. The SMILES string of the molecule is CC(=O)O[C@H](C(=O)O[C@H]1CC[C@@]2(C)CC3(CC=C2C1)OCCO3)c1ccccc1. The van der Waals surface area contributed by atoms with Crippen molar-refractivity contribution in [3.63, 3.8) is 0 Å². The van der Waals surface area contributed by atoms with E-state index in [-0.39, 0.29) is 11.5 Å². The lowest BCUT2D eigenvalue weighted by Crippen LogP contribution is -2.44. The van der Waals surface area contributed by atoms with Gasteiger partial charge in [0.25, 0.3) is 0 Å². The lowest BCUT2D eigenvalue weighted by atomic mass is 9.64. The largest absolute Gasteiger partial charge is 0.459 e. The molecule has 3 aliphatic rings. The fraction of sp³-hybridized carbons (Fsp3) is 0.565. The molecular weight excluding hydrogens is 372 g/mol. The van der Waals surface area contributed by atoms with Gasteiger partial charge in [0.05, 0.1) is 13.2 Å². The fourth-order valence-corrected chi connectivity index (χ4v) is 4.80. The van der Waals surface area contributed by atoms with Gasteiger partial charge < -0.3 is 18.9 Å². The van der Waals surface area contributed by atoms with E-state index >= 15 is 0 Å². The first kappa shape index (κ1) is 20.1. The van der Waals surface area contributed by atoms with Gasteiger partial charge in [-0.2, -0.15) is 0 Å². The van der Waals surface area contributed by atoms with Crippen molar-refractivity contribution in [3.8, 4) is 0 Å². The van der Waals surface area contributed by atoms with Gasteiger partial charge in [-0.05, 0) is 18.3 Å². The van der Waals surface area contributed by atoms with E-state index in [4.69, 9.17) is 18.9 Å². The summed E-state index contributed by atoms with van der Waals surface area (Å²) in [5.41, 5.74) is 1.91. The molecule has 29 heavy (non-hydrogen) atoms. The van der Waals surface area contributed by atoms with E-state index in [0.717, 1.165) is 25.7 Å². The Balaban J connectivity index is 1.44. The average Bonchev–Trinajstić information content (AvgIpc) is 3.14. The van der Waals surface area contributed by atoms with E-state index in [1.165, 1.54) is 12.5 Å². The van der Waals surface area contributed by atoms with Crippen molar-refractivity contribution < 1.29 is 28.5 Å². The van der Waals surface area contributed by atoms with E-state index < -0.39 is 23.8 Å². The van der Waals surface area contributed by atoms with Gasteiger partial charge in [-0.1, -0.05) is 48.9 Å². The van der Waals surface area contributed by atoms with Crippen LogP contribution < -0.4 is 0 Å². The molecule has 0 aromatic heterocycles. The molecule has 1 aromatic rings. The summed E-state index contributed by atoms with van der Waals surface area (Å²) in [4.78, 5) is 24.3. The van der Waals surface area contributed by atoms with Gasteiger partial charge in [0.2, 0.25) is 6.10 Å². The summed E-state index contributed by atoms with van der Waals surface area (Å²) in [7, 11) is 0. The Kier molecular flexibility index (Phi) is 5.49. The first-order valence-corrected chi connectivity index (χ1v) is 10.3. The third-order valence-corrected chi connectivity index (χ3v) is 6.26. The zero-order valence-corrected chi connectivity index (χ0v) is 17.0. The molecule has 1 aliphatic heterocycles. The van der Waals surface area contributed by atoms with Crippen LogP contribution in [0.3, 0.4) is 0 Å². The predicted molar refractivity (Wildman–Crippen MR) is 105 cm³/mol. The molecule has 1 aromatic carbocycles. The van der Waals surface area contributed by atoms with Gasteiger partial charge >= 0.3 is 11.9 Å². The second-order valence-electron chi connectivity index (χ2n) is 8.48. The molecule has 6 nitrogen and oxygen atoms in total. The van der Waals surface area contributed by atoms with E-state index in [1.807, 2.05) is 6.07 Å². The van der Waals surface area contributed by atoms with Gasteiger partial charge in [-0.3, -0.25) is 4.79 Å².